The van der Waals surface area contributed by atoms with E-state index in [1.165, 1.54) is 0 Å². The first kappa shape index (κ1) is 42.6. The first-order valence-corrected chi connectivity index (χ1v) is 19.0. The summed E-state index contributed by atoms with van der Waals surface area (Å²) in [6, 6.07) is 7.96. The van der Waals surface area contributed by atoms with Crippen molar-refractivity contribution in [3.05, 3.63) is 35.9 Å². The second kappa shape index (κ2) is 19.3. The number of nitrogens with zero attached hydrogens (tertiary/aromatic N) is 2. The topological polar surface area (TPSA) is 138 Å². The van der Waals surface area contributed by atoms with Gasteiger partial charge in [0.05, 0.1) is 54.3 Å². The SMILES string of the molecule is CCC(C)C(C(CC(=O)N1CCCC1C(OC)C(C)C(=O)NC(C)C(O)c1ccccc1)OC)N(C)C(=O)C(CC(=O)C1(C)CCCN1)C(C)C. The van der Waals surface area contributed by atoms with E-state index in [1.807, 2.05) is 56.0 Å². The molecule has 2 heterocycles. The zero-order chi connectivity index (χ0) is 38.0. The van der Waals surface area contributed by atoms with Crippen molar-refractivity contribution < 1.29 is 33.8 Å². The smallest absolute Gasteiger partial charge is 0.226 e. The van der Waals surface area contributed by atoms with E-state index < -0.39 is 47.8 Å². The number of carbonyl (C=O) groups is 4. The second-order valence-corrected chi connectivity index (χ2v) is 15.6. The van der Waals surface area contributed by atoms with Crippen molar-refractivity contribution in [1.29, 1.82) is 0 Å². The van der Waals surface area contributed by atoms with Crippen molar-refractivity contribution in [2.75, 3.05) is 34.4 Å². The molecule has 11 heteroatoms. The first-order valence-electron chi connectivity index (χ1n) is 19.0. The van der Waals surface area contributed by atoms with Gasteiger partial charge in [-0.3, -0.25) is 19.2 Å². The number of hydrogen-bond acceptors (Lipinski definition) is 8. The van der Waals surface area contributed by atoms with Gasteiger partial charge in [0.25, 0.3) is 0 Å². The van der Waals surface area contributed by atoms with Crippen molar-refractivity contribution in [3.63, 3.8) is 0 Å². The summed E-state index contributed by atoms with van der Waals surface area (Å²) in [7, 11) is 4.92. The van der Waals surface area contributed by atoms with Crippen LogP contribution in [0.5, 0.6) is 0 Å². The molecule has 10 unspecified atom stereocenters. The fourth-order valence-electron chi connectivity index (χ4n) is 8.11. The second-order valence-electron chi connectivity index (χ2n) is 15.6. The summed E-state index contributed by atoms with van der Waals surface area (Å²) in [5, 5.41) is 17.1. The van der Waals surface area contributed by atoms with Crippen LogP contribution in [-0.2, 0) is 28.7 Å². The molecule has 51 heavy (non-hydrogen) atoms. The van der Waals surface area contributed by atoms with Crippen molar-refractivity contribution in [3.8, 4) is 0 Å². The number of rotatable bonds is 19. The lowest BCUT2D eigenvalue weighted by Crippen LogP contribution is -2.55. The number of amides is 3. The number of ketones is 1. The molecular weight excluding hydrogens is 648 g/mol. The molecule has 1 aromatic carbocycles. The van der Waals surface area contributed by atoms with Gasteiger partial charge in [0.15, 0.2) is 5.78 Å². The minimum atomic E-state index is -0.869. The summed E-state index contributed by atoms with van der Waals surface area (Å²) in [6.07, 6.45) is 2.15. The fourth-order valence-corrected chi connectivity index (χ4v) is 8.11. The molecule has 288 valence electrons. The fraction of sp³-hybridized carbons (Fsp3) is 0.750. The summed E-state index contributed by atoms with van der Waals surface area (Å²) in [5.41, 5.74) is 0.115. The van der Waals surface area contributed by atoms with Crippen LogP contribution in [0.15, 0.2) is 30.3 Å². The molecule has 1 aromatic rings. The highest BCUT2D eigenvalue weighted by Gasteiger charge is 2.44. The van der Waals surface area contributed by atoms with E-state index in [2.05, 4.69) is 24.5 Å². The first-order chi connectivity index (χ1) is 24.1. The van der Waals surface area contributed by atoms with E-state index in [9.17, 15) is 24.3 Å². The standard InChI is InChI=1S/C40H66N4O7/c1-11-26(4)35(43(8)39(49)30(25(2)3)23-33(45)40(7)20-16-21-41-40)32(50-9)24-34(46)44-22-15-19-31(44)37(51-10)27(5)38(48)42-28(6)36(47)29-17-13-12-14-18-29/h12-14,17-18,25-28,30-32,35-37,41,47H,11,15-16,19-24H2,1-10H3,(H,42,48). The minimum Gasteiger partial charge on any atom is -0.386 e. The molecular formula is C40H66N4O7. The molecule has 0 bridgehead atoms. The lowest BCUT2D eigenvalue weighted by Gasteiger charge is -2.41. The molecule has 2 saturated heterocycles. The van der Waals surface area contributed by atoms with Crippen LogP contribution in [0.1, 0.15) is 105 Å². The number of hydrogen-bond donors (Lipinski definition) is 3. The predicted octanol–water partition coefficient (Wildman–Crippen LogP) is 4.52. The average molecular weight is 715 g/mol. The molecule has 0 aromatic heterocycles. The monoisotopic (exact) mass is 714 g/mol. The Morgan fingerprint density at radius 3 is 2.25 bits per heavy atom. The van der Waals surface area contributed by atoms with E-state index in [0.717, 1.165) is 32.2 Å². The summed E-state index contributed by atoms with van der Waals surface area (Å²) in [5.74, 6) is -1.52. The third-order valence-corrected chi connectivity index (χ3v) is 11.8. The van der Waals surface area contributed by atoms with Gasteiger partial charge in [0.2, 0.25) is 17.7 Å². The van der Waals surface area contributed by atoms with Gasteiger partial charge in [-0.05, 0) is 63.5 Å². The summed E-state index contributed by atoms with van der Waals surface area (Å²) < 4.78 is 11.9. The van der Waals surface area contributed by atoms with Gasteiger partial charge in [-0.2, -0.15) is 0 Å². The van der Waals surface area contributed by atoms with E-state index in [4.69, 9.17) is 9.47 Å². The Morgan fingerprint density at radius 1 is 1.04 bits per heavy atom. The Morgan fingerprint density at radius 2 is 1.71 bits per heavy atom. The Hall–Kier alpha value is -2.86. The molecule has 0 aliphatic carbocycles. The minimum absolute atomic E-state index is 0.0206. The molecule has 3 N–H and O–H groups in total. The van der Waals surface area contributed by atoms with Crippen LogP contribution in [0.25, 0.3) is 0 Å². The highest BCUT2D eigenvalue weighted by molar-refractivity contribution is 5.92. The third kappa shape index (κ3) is 10.4. The van der Waals surface area contributed by atoms with E-state index in [-0.39, 0.29) is 54.2 Å². The van der Waals surface area contributed by atoms with E-state index in [1.54, 1.807) is 40.0 Å². The van der Waals surface area contributed by atoms with E-state index in [0.29, 0.717) is 18.5 Å². The zero-order valence-electron chi connectivity index (χ0n) is 32.8. The Kier molecular flexibility index (Phi) is 16.1. The van der Waals surface area contributed by atoms with Crippen LogP contribution >= 0.6 is 0 Å². The lowest BCUT2D eigenvalue weighted by molar-refractivity contribution is -0.149. The van der Waals surface area contributed by atoms with Gasteiger partial charge in [0, 0.05) is 40.2 Å². The van der Waals surface area contributed by atoms with Crippen LogP contribution in [0, 0.1) is 23.7 Å². The van der Waals surface area contributed by atoms with Crippen molar-refractivity contribution in [2.24, 2.45) is 23.7 Å². The Bertz CT molecular complexity index is 1290. The number of benzene rings is 1. The molecule has 10 atom stereocenters. The number of aliphatic hydroxyl groups excluding tert-OH is 1. The van der Waals surface area contributed by atoms with Crippen molar-refractivity contribution >= 4 is 23.5 Å². The number of methoxy groups -OCH3 is 2. The van der Waals surface area contributed by atoms with Crippen LogP contribution in [-0.4, -0.2) is 109 Å². The number of Topliss-reactive ketones (excluding diaryl/α,β-unsaturated/α-hetero) is 1. The molecule has 3 amide bonds. The van der Waals surface area contributed by atoms with Crippen LogP contribution in [0.2, 0.25) is 0 Å². The molecule has 3 rings (SSSR count). The molecule has 2 fully saturated rings. The van der Waals surface area contributed by atoms with Gasteiger partial charge in [-0.25, -0.2) is 0 Å². The van der Waals surface area contributed by atoms with Gasteiger partial charge >= 0.3 is 0 Å². The maximum absolute atomic E-state index is 14.2. The van der Waals surface area contributed by atoms with Crippen LogP contribution in [0.4, 0.5) is 0 Å². The third-order valence-electron chi connectivity index (χ3n) is 11.8. The van der Waals surface area contributed by atoms with Gasteiger partial charge in [-0.1, -0.05) is 71.4 Å². The number of carbonyl (C=O) groups excluding carboxylic acids is 4. The number of aliphatic hydroxyl groups is 1. The maximum atomic E-state index is 14.2. The normalized spacial score (nSPS) is 23.9. The highest BCUT2D eigenvalue weighted by Crippen LogP contribution is 2.32. The Labute approximate surface area is 306 Å². The Balaban J connectivity index is 1.74. The molecule has 11 nitrogen and oxygen atoms in total. The predicted molar refractivity (Wildman–Crippen MR) is 199 cm³/mol. The number of likely N-dealkylation sites (N-methyl/N-ethyl adjacent to an activating group) is 1. The average Bonchev–Trinajstić information content (AvgIpc) is 3.80. The summed E-state index contributed by atoms with van der Waals surface area (Å²) in [6.45, 7) is 14.9. The van der Waals surface area contributed by atoms with Gasteiger partial charge < -0.3 is 35.0 Å². The molecule has 2 aliphatic heterocycles. The van der Waals surface area contributed by atoms with E-state index >= 15 is 0 Å². The largest absolute Gasteiger partial charge is 0.386 e. The quantitative estimate of drug-likeness (QED) is 0.190. The molecule has 0 saturated carbocycles. The summed E-state index contributed by atoms with van der Waals surface area (Å²) in [4.78, 5) is 58.8. The zero-order valence-corrected chi connectivity index (χ0v) is 32.8. The molecule has 0 spiro atoms. The number of ether oxygens (including phenoxy) is 2. The maximum Gasteiger partial charge on any atom is 0.226 e. The number of likely N-dealkylation sites (tertiary alicyclic amines) is 1. The van der Waals surface area contributed by atoms with Crippen molar-refractivity contribution in [2.45, 2.75) is 135 Å². The van der Waals surface area contributed by atoms with Gasteiger partial charge in [-0.15, -0.1) is 0 Å². The van der Waals surface area contributed by atoms with Gasteiger partial charge in [0.1, 0.15) is 0 Å². The highest BCUT2D eigenvalue weighted by atomic mass is 16.5. The summed E-state index contributed by atoms with van der Waals surface area (Å²) >= 11 is 0. The van der Waals surface area contributed by atoms with Crippen molar-refractivity contribution in [1.82, 2.24) is 20.4 Å². The lowest BCUT2D eigenvalue weighted by atomic mass is 9.82. The molecule has 2 aliphatic rings. The number of nitrogens with one attached hydrogen (secondary N) is 2. The van der Waals surface area contributed by atoms with Crippen LogP contribution in [0.3, 0.4) is 0 Å². The van der Waals surface area contributed by atoms with Crippen LogP contribution < -0.4 is 10.6 Å². The molecule has 0 radical (unpaired) electrons.